The molecule has 0 aromatic heterocycles. The molecule has 0 aliphatic carbocycles. The van der Waals surface area contributed by atoms with E-state index in [9.17, 15) is 4.79 Å². The lowest BCUT2D eigenvalue weighted by atomic mass is 9.88. The first-order valence-electron chi connectivity index (χ1n) is 5.83. The molecule has 1 aliphatic rings. The van der Waals surface area contributed by atoms with Crippen LogP contribution in [-0.2, 0) is 15.1 Å². The van der Waals surface area contributed by atoms with E-state index in [2.05, 4.69) is 0 Å². The Bertz CT molecular complexity index is 526. The molecule has 0 radical (unpaired) electrons. The fourth-order valence-corrected chi connectivity index (χ4v) is 2.39. The number of carbonyl (C=O) groups is 1. The number of benzene rings is 2. The Morgan fingerprint density at radius 2 is 1.39 bits per heavy atom. The van der Waals surface area contributed by atoms with Gasteiger partial charge in [-0.15, -0.1) is 0 Å². The number of ether oxygens (including phenoxy) is 1. The second-order valence-corrected chi connectivity index (χ2v) is 4.37. The molecule has 1 amide bonds. The number of amides is 1. The van der Waals surface area contributed by atoms with Gasteiger partial charge in [-0.05, 0) is 11.1 Å². The Morgan fingerprint density at radius 1 is 0.944 bits per heavy atom. The minimum atomic E-state index is -0.700. The van der Waals surface area contributed by atoms with E-state index < -0.39 is 17.6 Å². The first-order chi connectivity index (χ1) is 8.75. The predicted molar refractivity (Wildman–Crippen MR) is 67.7 cm³/mol. The van der Waals surface area contributed by atoms with Crippen LogP contribution < -0.4 is 5.73 Å². The highest BCUT2D eigenvalue weighted by molar-refractivity contribution is 5.85. The Hall–Kier alpha value is -2.13. The SMILES string of the molecule is NC(=O)[C@@H]1OC1(c1ccccc1)c1ccccc1. The second kappa shape index (κ2) is 3.96. The normalized spacial score (nSPS) is 20.3. The van der Waals surface area contributed by atoms with Crippen molar-refractivity contribution >= 4 is 5.91 Å². The van der Waals surface area contributed by atoms with Gasteiger partial charge in [-0.3, -0.25) is 4.79 Å². The third kappa shape index (κ3) is 1.52. The van der Waals surface area contributed by atoms with Crippen LogP contribution in [-0.4, -0.2) is 12.0 Å². The second-order valence-electron chi connectivity index (χ2n) is 4.37. The standard InChI is InChI=1S/C15H13NO2/c16-14(17)13-15(18-13,11-7-3-1-4-8-11)12-9-5-2-6-10-12/h1-10,13H,(H2,16,17)/t13-/m0/s1. The van der Waals surface area contributed by atoms with Gasteiger partial charge in [0.1, 0.15) is 0 Å². The molecule has 3 rings (SSSR count). The van der Waals surface area contributed by atoms with E-state index in [4.69, 9.17) is 10.5 Å². The monoisotopic (exact) mass is 239 g/mol. The summed E-state index contributed by atoms with van der Waals surface area (Å²) in [6.07, 6.45) is -0.581. The van der Waals surface area contributed by atoms with Crippen LogP contribution >= 0.6 is 0 Å². The summed E-state index contributed by atoms with van der Waals surface area (Å²) in [6.45, 7) is 0. The van der Waals surface area contributed by atoms with Gasteiger partial charge in [0, 0.05) is 0 Å². The van der Waals surface area contributed by atoms with Crippen molar-refractivity contribution in [2.45, 2.75) is 11.7 Å². The highest BCUT2D eigenvalue weighted by Gasteiger charge is 2.62. The van der Waals surface area contributed by atoms with Crippen molar-refractivity contribution in [2.75, 3.05) is 0 Å². The van der Waals surface area contributed by atoms with Gasteiger partial charge in [0.05, 0.1) is 0 Å². The van der Waals surface area contributed by atoms with Gasteiger partial charge in [-0.1, -0.05) is 60.7 Å². The van der Waals surface area contributed by atoms with E-state index in [-0.39, 0.29) is 0 Å². The number of rotatable bonds is 3. The van der Waals surface area contributed by atoms with Crippen molar-refractivity contribution in [1.29, 1.82) is 0 Å². The first kappa shape index (κ1) is 11.0. The zero-order valence-corrected chi connectivity index (χ0v) is 9.74. The van der Waals surface area contributed by atoms with Crippen LogP contribution in [0.5, 0.6) is 0 Å². The molecule has 0 spiro atoms. The fraction of sp³-hybridized carbons (Fsp3) is 0.133. The van der Waals surface area contributed by atoms with Crippen molar-refractivity contribution in [3.05, 3.63) is 71.8 Å². The summed E-state index contributed by atoms with van der Waals surface area (Å²) in [6, 6.07) is 19.4. The van der Waals surface area contributed by atoms with Crippen LogP contribution in [0.2, 0.25) is 0 Å². The molecular formula is C15H13NO2. The van der Waals surface area contributed by atoms with E-state index in [1.165, 1.54) is 0 Å². The Balaban J connectivity index is 2.11. The maximum Gasteiger partial charge on any atom is 0.250 e. The summed E-state index contributed by atoms with van der Waals surface area (Å²) >= 11 is 0. The highest BCUT2D eigenvalue weighted by Crippen LogP contribution is 2.51. The summed E-state index contributed by atoms with van der Waals surface area (Å²) < 4.78 is 5.66. The molecule has 0 unspecified atom stereocenters. The minimum Gasteiger partial charge on any atom is -0.367 e. The summed E-state index contributed by atoms with van der Waals surface area (Å²) in [7, 11) is 0. The van der Waals surface area contributed by atoms with Gasteiger partial charge in [-0.25, -0.2) is 0 Å². The Morgan fingerprint density at radius 3 is 1.72 bits per heavy atom. The van der Waals surface area contributed by atoms with Crippen molar-refractivity contribution < 1.29 is 9.53 Å². The average Bonchev–Trinajstić information content (AvgIpc) is 3.18. The van der Waals surface area contributed by atoms with E-state index in [0.717, 1.165) is 11.1 Å². The quantitative estimate of drug-likeness (QED) is 0.830. The summed E-state index contributed by atoms with van der Waals surface area (Å²) in [5.74, 6) is -0.428. The molecule has 90 valence electrons. The first-order valence-corrected chi connectivity index (χ1v) is 5.83. The van der Waals surface area contributed by atoms with Gasteiger partial charge >= 0.3 is 0 Å². The molecule has 1 aliphatic heterocycles. The van der Waals surface area contributed by atoms with Crippen LogP contribution in [0.3, 0.4) is 0 Å². The molecule has 1 atom stereocenters. The average molecular weight is 239 g/mol. The maximum atomic E-state index is 11.4. The number of carbonyl (C=O) groups excluding carboxylic acids is 1. The molecule has 2 aromatic carbocycles. The van der Waals surface area contributed by atoms with Gasteiger partial charge < -0.3 is 10.5 Å². The van der Waals surface area contributed by atoms with Crippen LogP contribution in [0.4, 0.5) is 0 Å². The molecule has 1 saturated heterocycles. The molecule has 0 bridgehead atoms. The number of epoxide rings is 1. The van der Waals surface area contributed by atoms with Crippen LogP contribution in [0.1, 0.15) is 11.1 Å². The van der Waals surface area contributed by atoms with Crippen molar-refractivity contribution in [3.63, 3.8) is 0 Å². The van der Waals surface area contributed by atoms with Crippen LogP contribution in [0.15, 0.2) is 60.7 Å². The zero-order valence-electron chi connectivity index (χ0n) is 9.74. The van der Waals surface area contributed by atoms with E-state index >= 15 is 0 Å². The lowest BCUT2D eigenvalue weighted by molar-refractivity contribution is -0.119. The summed E-state index contributed by atoms with van der Waals surface area (Å²) in [5, 5.41) is 0. The molecule has 1 heterocycles. The minimum absolute atomic E-state index is 0.428. The van der Waals surface area contributed by atoms with E-state index in [0.29, 0.717) is 0 Å². The summed E-state index contributed by atoms with van der Waals surface area (Å²) in [5.41, 5.74) is 6.60. The number of hydrogen-bond donors (Lipinski definition) is 1. The van der Waals surface area contributed by atoms with Crippen LogP contribution in [0.25, 0.3) is 0 Å². The zero-order chi connectivity index (χ0) is 12.6. The van der Waals surface area contributed by atoms with E-state index in [1.54, 1.807) is 0 Å². The Labute approximate surface area is 105 Å². The number of nitrogens with two attached hydrogens (primary N) is 1. The van der Waals surface area contributed by atoms with Crippen molar-refractivity contribution in [2.24, 2.45) is 5.73 Å². The molecule has 2 N–H and O–H groups in total. The lowest BCUT2D eigenvalue weighted by Gasteiger charge is -2.13. The molecule has 3 heteroatoms. The Kier molecular flexibility index (Phi) is 2.42. The van der Waals surface area contributed by atoms with Gasteiger partial charge in [0.15, 0.2) is 11.7 Å². The third-order valence-electron chi connectivity index (χ3n) is 3.28. The maximum absolute atomic E-state index is 11.4. The van der Waals surface area contributed by atoms with Gasteiger partial charge in [0.25, 0.3) is 0 Å². The largest absolute Gasteiger partial charge is 0.367 e. The number of primary amides is 1. The summed E-state index contributed by atoms with van der Waals surface area (Å²) in [4.78, 5) is 11.4. The molecule has 0 saturated carbocycles. The smallest absolute Gasteiger partial charge is 0.250 e. The molecule has 2 aromatic rings. The molecule has 18 heavy (non-hydrogen) atoms. The van der Waals surface area contributed by atoms with Crippen molar-refractivity contribution in [1.82, 2.24) is 0 Å². The van der Waals surface area contributed by atoms with Gasteiger partial charge in [0.2, 0.25) is 5.91 Å². The van der Waals surface area contributed by atoms with Crippen LogP contribution in [0, 0.1) is 0 Å². The molecule has 1 fully saturated rings. The van der Waals surface area contributed by atoms with Crippen molar-refractivity contribution in [3.8, 4) is 0 Å². The lowest BCUT2D eigenvalue weighted by Crippen LogP contribution is -2.26. The molecule has 3 nitrogen and oxygen atoms in total. The highest BCUT2D eigenvalue weighted by atomic mass is 16.6. The topological polar surface area (TPSA) is 55.6 Å². The fourth-order valence-electron chi connectivity index (χ4n) is 2.39. The number of hydrogen-bond acceptors (Lipinski definition) is 2. The third-order valence-corrected chi connectivity index (χ3v) is 3.28. The van der Waals surface area contributed by atoms with E-state index in [1.807, 2.05) is 60.7 Å². The van der Waals surface area contributed by atoms with Gasteiger partial charge in [-0.2, -0.15) is 0 Å². The molecular weight excluding hydrogens is 226 g/mol. The predicted octanol–water partition coefficient (Wildman–Crippen LogP) is 1.81.